The Balaban J connectivity index is 1.46. The van der Waals surface area contributed by atoms with Gasteiger partial charge in [-0.1, -0.05) is 0 Å². The molecular weight excluding hydrogens is 416 g/mol. The molecule has 170 valence electrons. The van der Waals surface area contributed by atoms with E-state index in [9.17, 15) is 0 Å². The quantitative estimate of drug-likeness (QED) is 0.542. The number of nitriles is 1. The molecule has 0 saturated carbocycles. The van der Waals surface area contributed by atoms with Crippen molar-refractivity contribution in [3.8, 4) is 6.07 Å². The predicted molar refractivity (Wildman–Crippen MR) is 131 cm³/mol. The van der Waals surface area contributed by atoms with Crippen LogP contribution in [0, 0.1) is 25.2 Å². The number of aryl methyl sites for hydroxylation is 2. The number of anilines is 2. The van der Waals surface area contributed by atoms with E-state index in [0.717, 1.165) is 34.6 Å². The summed E-state index contributed by atoms with van der Waals surface area (Å²) in [7, 11) is 4.01. The van der Waals surface area contributed by atoms with Crippen LogP contribution in [0.25, 0.3) is 0 Å². The molecule has 2 atom stereocenters. The van der Waals surface area contributed by atoms with Crippen LogP contribution in [0.4, 0.5) is 11.4 Å². The second-order valence-electron chi connectivity index (χ2n) is 8.30. The fourth-order valence-corrected chi connectivity index (χ4v) is 3.69. The van der Waals surface area contributed by atoms with Gasteiger partial charge in [-0.05, 0) is 81.5 Å². The first-order valence-electron chi connectivity index (χ1n) is 10.7. The molecule has 4 rings (SSSR count). The Kier molecular flexibility index (Phi) is 6.58. The van der Waals surface area contributed by atoms with Crippen molar-refractivity contribution in [3.63, 3.8) is 0 Å². The fraction of sp³-hybridized carbons (Fsp3) is 0.292. The molecule has 2 aliphatic rings. The van der Waals surface area contributed by atoms with Gasteiger partial charge in [0.05, 0.1) is 11.6 Å². The minimum atomic E-state index is -0.235. The van der Waals surface area contributed by atoms with Crippen molar-refractivity contribution in [2.24, 2.45) is 9.98 Å². The average molecular weight is 445 g/mol. The fourth-order valence-electron chi connectivity index (χ4n) is 3.69. The van der Waals surface area contributed by atoms with Crippen LogP contribution >= 0.6 is 0 Å². The van der Waals surface area contributed by atoms with Crippen LogP contribution < -0.4 is 21.4 Å². The number of hydrogen-bond donors (Lipinski definition) is 4. The van der Waals surface area contributed by atoms with Gasteiger partial charge in [-0.15, -0.1) is 5.48 Å². The first-order chi connectivity index (χ1) is 15.9. The van der Waals surface area contributed by atoms with Crippen LogP contribution in [0.1, 0.15) is 22.3 Å². The Bertz CT molecular complexity index is 1120. The highest BCUT2D eigenvalue weighted by Crippen LogP contribution is 2.25. The number of nitrogens with one attached hydrogen (secondary N) is 4. The van der Waals surface area contributed by atoms with Gasteiger partial charge < -0.3 is 25.7 Å². The van der Waals surface area contributed by atoms with Gasteiger partial charge >= 0.3 is 0 Å². The van der Waals surface area contributed by atoms with Crippen molar-refractivity contribution >= 4 is 23.2 Å². The number of rotatable bonds is 6. The number of benzene rings is 2. The predicted octanol–water partition coefficient (Wildman–Crippen LogP) is 2.67. The minimum Gasteiger partial charge on any atom is -0.386 e. The summed E-state index contributed by atoms with van der Waals surface area (Å²) in [5.74, 6) is 1.23. The summed E-state index contributed by atoms with van der Waals surface area (Å²) in [6.45, 7) is 4.88. The molecule has 0 aromatic heterocycles. The van der Waals surface area contributed by atoms with Crippen LogP contribution in [0.5, 0.6) is 0 Å². The zero-order valence-corrected chi connectivity index (χ0v) is 19.2. The van der Waals surface area contributed by atoms with Gasteiger partial charge in [0.15, 0.2) is 0 Å². The Morgan fingerprint density at radius 3 is 2.52 bits per heavy atom. The first kappa shape index (κ1) is 22.3. The molecule has 2 aromatic carbocycles. The Labute approximate surface area is 193 Å². The van der Waals surface area contributed by atoms with E-state index < -0.39 is 0 Å². The molecule has 0 amide bonds. The van der Waals surface area contributed by atoms with E-state index in [2.05, 4.69) is 63.4 Å². The Morgan fingerprint density at radius 2 is 1.85 bits per heavy atom. The molecule has 2 aromatic rings. The van der Waals surface area contributed by atoms with Crippen LogP contribution in [-0.4, -0.2) is 49.7 Å². The van der Waals surface area contributed by atoms with Crippen molar-refractivity contribution in [3.05, 3.63) is 70.9 Å². The molecule has 9 nitrogen and oxygen atoms in total. The van der Waals surface area contributed by atoms with Gasteiger partial charge in [0.1, 0.15) is 12.3 Å². The third-order valence-corrected chi connectivity index (χ3v) is 5.22. The smallest absolute Gasteiger partial charge is 0.242 e. The lowest BCUT2D eigenvalue weighted by Gasteiger charge is -2.22. The SMILES string of the molecule is Cc1cc(C2=NC(CN(C)C)NO2)cc(C)c1NC1C=CNC(Nc2ccc(C#N)cc2)=N1. The average Bonchev–Trinajstić information content (AvgIpc) is 3.25. The molecule has 2 heterocycles. The molecule has 2 aliphatic heterocycles. The lowest BCUT2D eigenvalue weighted by Crippen LogP contribution is -2.33. The summed E-state index contributed by atoms with van der Waals surface area (Å²) in [6.07, 6.45) is 3.50. The summed E-state index contributed by atoms with van der Waals surface area (Å²) in [4.78, 5) is 17.0. The maximum absolute atomic E-state index is 8.95. The van der Waals surface area contributed by atoms with Crippen LogP contribution in [-0.2, 0) is 4.84 Å². The van der Waals surface area contributed by atoms with E-state index in [1.807, 2.05) is 38.5 Å². The van der Waals surface area contributed by atoms with E-state index in [-0.39, 0.29) is 12.3 Å². The third-order valence-electron chi connectivity index (χ3n) is 5.22. The molecule has 2 unspecified atom stereocenters. The second-order valence-corrected chi connectivity index (χ2v) is 8.30. The van der Waals surface area contributed by atoms with Crippen molar-refractivity contribution in [2.45, 2.75) is 26.2 Å². The highest BCUT2D eigenvalue weighted by Gasteiger charge is 2.22. The maximum Gasteiger partial charge on any atom is 0.242 e. The van der Waals surface area contributed by atoms with E-state index in [4.69, 9.17) is 15.1 Å². The molecule has 33 heavy (non-hydrogen) atoms. The topological polar surface area (TPSA) is 109 Å². The Hall–Kier alpha value is -3.87. The van der Waals surface area contributed by atoms with Gasteiger partial charge in [0.25, 0.3) is 0 Å². The zero-order chi connectivity index (χ0) is 23.4. The number of guanidine groups is 1. The Morgan fingerprint density at radius 1 is 1.12 bits per heavy atom. The number of hydrogen-bond acceptors (Lipinski definition) is 9. The first-order valence-corrected chi connectivity index (χ1v) is 10.7. The summed E-state index contributed by atoms with van der Waals surface area (Å²) >= 11 is 0. The second kappa shape index (κ2) is 9.73. The van der Waals surface area contributed by atoms with Gasteiger partial charge in [0.2, 0.25) is 11.9 Å². The molecule has 0 aliphatic carbocycles. The van der Waals surface area contributed by atoms with Crippen molar-refractivity contribution in [2.75, 3.05) is 31.3 Å². The normalized spacial score (nSPS) is 19.3. The van der Waals surface area contributed by atoms with Crippen molar-refractivity contribution < 1.29 is 4.84 Å². The summed E-state index contributed by atoms with van der Waals surface area (Å²) in [6, 6.07) is 13.5. The number of likely N-dealkylation sites (N-methyl/N-ethyl adjacent to an activating group) is 1. The summed E-state index contributed by atoms with van der Waals surface area (Å²) < 4.78 is 0. The molecule has 0 fully saturated rings. The van der Waals surface area contributed by atoms with Crippen molar-refractivity contribution in [1.82, 2.24) is 15.7 Å². The van der Waals surface area contributed by atoms with E-state index in [1.54, 1.807) is 12.1 Å². The maximum atomic E-state index is 8.95. The lowest BCUT2D eigenvalue weighted by atomic mass is 10.0. The zero-order valence-electron chi connectivity index (χ0n) is 19.2. The molecule has 9 heteroatoms. The van der Waals surface area contributed by atoms with Gasteiger partial charge in [-0.3, -0.25) is 0 Å². The minimum absolute atomic E-state index is 0.0790. The van der Waals surface area contributed by atoms with Gasteiger partial charge in [-0.25, -0.2) is 9.98 Å². The highest BCUT2D eigenvalue weighted by atomic mass is 16.7. The molecule has 0 bridgehead atoms. The van der Waals surface area contributed by atoms with Crippen LogP contribution in [0.3, 0.4) is 0 Å². The molecule has 0 spiro atoms. The van der Waals surface area contributed by atoms with E-state index >= 15 is 0 Å². The number of nitrogens with zero attached hydrogens (tertiary/aromatic N) is 4. The largest absolute Gasteiger partial charge is 0.386 e. The summed E-state index contributed by atoms with van der Waals surface area (Å²) in [5.41, 5.74) is 8.56. The van der Waals surface area contributed by atoms with Gasteiger partial charge in [0, 0.05) is 29.7 Å². The number of hydroxylamine groups is 1. The molecule has 0 radical (unpaired) electrons. The lowest BCUT2D eigenvalue weighted by molar-refractivity contribution is 0.162. The third kappa shape index (κ3) is 5.49. The highest BCUT2D eigenvalue weighted by molar-refractivity contribution is 5.96. The van der Waals surface area contributed by atoms with Crippen LogP contribution in [0.15, 0.2) is 58.7 Å². The van der Waals surface area contributed by atoms with Crippen molar-refractivity contribution in [1.29, 1.82) is 5.26 Å². The van der Waals surface area contributed by atoms with E-state index in [1.165, 1.54) is 0 Å². The number of aliphatic imine (C=N–C) groups is 2. The molecule has 0 saturated heterocycles. The molecule has 4 N–H and O–H groups in total. The van der Waals surface area contributed by atoms with Gasteiger partial charge in [-0.2, -0.15) is 5.26 Å². The van der Waals surface area contributed by atoms with E-state index in [0.29, 0.717) is 17.4 Å². The standard InChI is InChI=1S/C24H28N8O/c1-15-11-18(23-29-21(31-33-23)14-32(3)4)12-16(2)22(15)28-20-9-10-26-24(30-20)27-19-7-5-17(13-25)6-8-19/h5-12,20-21,28,31H,14H2,1-4H3,(H2,26,27,30). The van der Waals surface area contributed by atoms with Crippen LogP contribution in [0.2, 0.25) is 0 Å². The summed E-state index contributed by atoms with van der Waals surface area (Å²) in [5, 5.41) is 18.8. The monoisotopic (exact) mass is 444 g/mol. The molecular formula is C24H28N8O.